The summed E-state index contributed by atoms with van der Waals surface area (Å²) in [6.07, 6.45) is 13.7. The summed E-state index contributed by atoms with van der Waals surface area (Å²) in [5.74, 6) is 0. The molecule has 0 aromatic carbocycles. The van der Waals surface area contributed by atoms with Gasteiger partial charge in [0.15, 0.2) is 0 Å². The van der Waals surface area contributed by atoms with E-state index in [4.69, 9.17) is 9.47 Å². The van der Waals surface area contributed by atoms with Crippen LogP contribution in [0.1, 0.15) is 78.1 Å². The van der Waals surface area contributed by atoms with E-state index in [2.05, 4.69) is 13.8 Å². The van der Waals surface area contributed by atoms with E-state index in [0.29, 0.717) is 10.8 Å². The van der Waals surface area contributed by atoms with Crippen LogP contribution in [0.3, 0.4) is 0 Å². The first kappa shape index (κ1) is 17.3. The Morgan fingerprint density at radius 1 is 0.667 bits per heavy atom. The molecule has 0 saturated heterocycles. The number of rotatable bonds is 6. The van der Waals surface area contributed by atoms with Gasteiger partial charge in [0.25, 0.3) is 0 Å². The Hall–Kier alpha value is -0.0800. The highest BCUT2D eigenvalue weighted by Gasteiger charge is 2.58. The van der Waals surface area contributed by atoms with Crippen LogP contribution in [-0.4, -0.2) is 27.4 Å². The molecule has 0 bridgehead atoms. The van der Waals surface area contributed by atoms with Gasteiger partial charge in [0, 0.05) is 19.6 Å². The summed E-state index contributed by atoms with van der Waals surface area (Å²) in [6.45, 7) is 6.77. The number of hydrogen-bond acceptors (Lipinski definition) is 2. The Morgan fingerprint density at radius 3 is 1.29 bits per heavy atom. The van der Waals surface area contributed by atoms with Gasteiger partial charge in [0.2, 0.25) is 0 Å². The van der Waals surface area contributed by atoms with Crippen molar-refractivity contribution in [1.82, 2.24) is 0 Å². The fourth-order valence-electron chi connectivity index (χ4n) is 5.58. The second kappa shape index (κ2) is 7.00. The zero-order chi connectivity index (χ0) is 15.4. The van der Waals surface area contributed by atoms with Crippen LogP contribution in [0.2, 0.25) is 0 Å². The third-order valence-corrected chi connectivity index (χ3v) is 7.01. The van der Waals surface area contributed by atoms with Crippen LogP contribution in [-0.2, 0) is 9.47 Å². The number of ether oxygens (including phenoxy) is 2. The van der Waals surface area contributed by atoms with Crippen molar-refractivity contribution in [1.29, 1.82) is 0 Å². The first-order chi connectivity index (χ1) is 10.0. The maximum absolute atomic E-state index is 5.82. The van der Waals surface area contributed by atoms with Gasteiger partial charge in [-0.05, 0) is 36.5 Å². The maximum Gasteiger partial charge on any atom is 0.0551 e. The van der Waals surface area contributed by atoms with E-state index >= 15 is 0 Å². The minimum Gasteiger partial charge on any atom is -0.384 e. The molecular weight excluding hydrogens is 260 g/mol. The van der Waals surface area contributed by atoms with Crippen molar-refractivity contribution in [3.63, 3.8) is 0 Å². The fraction of sp³-hybridized carbons (Fsp3) is 1.00. The molecule has 2 nitrogen and oxygen atoms in total. The molecule has 2 aliphatic carbocycles. The van der Waals surface area contributed by atoms with Gasteiger partial charge in [-0.1, -0.05) is 52.4 Å². The Labute approximate surface area is 132 Å². The minimum absolute atomic E-state index is 0.171. The lowest BCUT2D eigenvalue weighted by atomic mass is 9.46. The summed E-state index contributed by atoms with van der Waals surface area (Å²) in [5, 5.41) is 0. The highest BCUT2D eigenvalue weighted by molar-refractivity contribution is 5.07. The number of hydrogen-bond donors (Lipinski definition) is 0. The summed E-state index contributed by atoms with van der Waals surface area (Å²) >= 11 is 0. The maximum atomic E-state index is 5.82. The van der Waals surface area contributed by atoms with Crippen LogP contribution in [0, 0.1) is 16.2 Å². The van der Waals surface area contributed by atoms with Gasteiger partial charge in [-0.3, -0.25) is 0 Å². The second-order valence-electron chi connectivity index (χ2n) is 8.19. The van der Waals surface area contributed by atoms with Crippen LogP contribution in [0.5, 0.6) is 0 Å². The van der Waals surface area contributed by atoms with Crippen molar-refractivity contribution in [2.45, 2.75) is 78.1 Å². The summed E-state index contributed by atoms with van der Waals surface area (Å²) in [4.78, 5) is 0. The molecule has 2 heteroatoms. The second-order valence-corrected chi connectivity index (χ2v) is 8.19. The average Bonchev–Trinajstić information content (AvgIpc) is 2.48. The van der Waals surface area contributed by atoms with Crippen LogP contribution < -0.4 is 0 Å². The highest BCUT2D eigenvalue weighted by Crippen LogP contribution is 2.62. The Balaban J connectivity index is 2.40. The van der Waals surface area contributed by atoms with Gasteiger partial charge in [0.1, 0.15) is 0 Å². The fourth-order valence-corrected chi connectivity index (χ4v) is 5.58. The summed E-state index contributed by atoms with van der Waals surface area (Å²) in [5.41, 5.74) is 0.900. The van der Waals surface area contributed by atoms with Crippen molar-refractivity contribution in [2.24, 2.45) is 16.2 Å². The summed E-state index contributed by atoms with van der Waals surface area (Å²) in [7, 11) is 3.76. The van der Waals surface area contributed by atoms with Crippen LogP contribution >= 0.6 is 0 Å². The predicted molar refractivity (Wildman–Crippen MR) is 88.6 cm³/mol. The average molecular weight is 296 g/mol. The Kier molecular flexibility index (Phi) is 5.76. The topological polar surface area (TPSA) is 18.5 Å². The van der Waals surface area contributed by atoms with Gasteiger partial charge in [-0.2, -0.15) is 0 Å². The predicted octanol–water partition coefficient (Wildman–Crippen LogP) is 5.21. The van der Waals surface area contributed by atoms with E-state index in [1.165, 1.54) is 64.2 Å². The zero-order valence-corrected chi connectivity index (χ0v) is 14.8. The molecule has 0 unspecified atom stereocenters. The van der Waals surface area contributed by atoms with E-state index in [9.17, 15) is 0 Å². The van der Waals surface area contributed by atoms with Crippen LogP contribution in [0.15, 0.2) is 0 Å². The molecular formula is C19H36O2. The molecule has 2 saturated carbocycles. The highest BCUT2D eigenvalue weighted by atomic mass is 16.5. The molecule has 2 rings (SSSR count). The monoisotopic (exact) mass is 296 g/mol. The molecule has 0 N–H and O–H groups in total. The van der Waals surface area contributed by atoms with Crippen molar-refractivity contribution in [3.05, 3.63) is 0 Å². The van der Waals surface area contributed by atoms with E-state index < -0.39 is 0 Å². The van der Waals surface area contributed by atoms with Gasteiger partial charge < -0.3 is 9.47 Å². The standard InChI is InChI=1S/C19H36O2/c1-17(11-7-5-8-12-17)19(15-20-3,16-21-4)18(2)13-9-6-10-14-18/h5-16H2,1-4H3. The first-order valence-corrected chi connectivity index (χ1v) is 9.02. The van der Waals surface area contributed by atoms with E-state index in [-0.39, 0.29) is 5.41 Å². The molecule has 2 fully saturated rings. The molecule has 2 aliphatic rings. The molecule has 0 spiro atoms. The zero-order valence-electron chi connectivity index (χ0n) is 14.8. The van der Waals surface area contributed by atoms with E-state index in [1.54, 1.807) is 0 Å². The quantitative estimate of drug-likeness (QED) is 0.670. The van der Waals surface area contributed by atoms with Gasteiger partial charge in [0.05, 0.1) is 13.2 Å². The Bertz CT molecular complexity index is 280. The van der Waals surface area contributed by atoms with Gasteiger partial charge in [-0.25, -0.2) is 0 Å². The third kappa shape index (κ3) is 3.03. The molecule has 21 heavy (non-hydrogen) atoms. The first-order valence-electron chi connectivity index (χ1n) is 9.02. The lowest BCUT2D eigenvalue weighted by Gasteiger charge is -2.60. The summed E-state index contributed by atoms with van der Waals surface area (Å²) in [6, 6.07) is 0. The van der Waals surface area contributed by atoms with Crippen molar-refractivity contribution in [3.8, 4) is 0 Å². The van der Waals surface area contributed by atoms with Gasteiger partial charge in [-0.15, -0.1) is 0 Å². The lowest BCUT2D eigenvalue weighted by molar-refractivity contribution is -0.175. The van der Waals surface area contributed by atoms with Crippen molar-refractivity contribution in [2.75, 3.05) is 27.4 Å². The normalized spacial score (nSPS) is 25.7. The molecule has 0 aromatic rings. The van der Waals surface area contributed by atoms with Crippen LogP contribution in [0.25, 0.3) is 0 Å². The van der Waals surface area contributed by atoms with Crippen LogP contribution in [0.4, 0.5) is 0 Å². The van der Waals surface area contributed by atoms with Gasteiger partial charge >= 0.3 is 0 Å². The molecule has 124 valence electrons. The lowest BCUT2D eigenvalue weighted by Crippen LogP contribution is -2.58. The van der Waals surface area contributed by atoms with E-state index in [0.717, 1.165) is 13.2 Å². The summed E-state index contributed by atoms with van der Waals surface area (Å²) < 4.78 is 11.6. The molecule has 0 aromatic heterocycles. The molecule has 0 radical (unpaired) electrons. The SMILES string of the molecule is COCC(COC)(C1(C)CCCCC1)C1(C)CCCCC1. The third-order valence-electron chi connectivity index (χ3n) is 7.01. The molecule has 0 amide bonds. The Morgan fingerprint density at radius 2 is 1.00 bits per heavy atom. The molecule has 0 heterocycles. The smallest absolute Gasteiger partial charge is 0.0551 e. The van der Waals surface area contributed by atoms with Crippen molar-refractivity contribution < 1.29 is 9.47 Å². The van der Waals surface area contributed by atoms with Crippen molar-refractivity contribution >= 4 is 0 Å². The minimum atomic E-state index is 0.171. The molecule has 0 aliphatic heterocycles. The van der Waals surface area contributed by atoms with E-state index in [1.807, 2.05) is 14.2 Å². The molecule has 0 atom stereocenters. The largest absolute Gasteiger partial charge is 0.384 e. The number of methoxy groups -OCH3 is 2.